The Morgan fingerprint density at radius 3 is 2.85 bits per heavy atom. The monoisotopic (exact) mass is 322 g/mol. The van der Waals surface area contributed by atoms with E-state index in [1.165, 1.54) is 16.4 Å². The van der Waals surface area contributed by atoms with Gasteiger partial charge < -0.3 is 10.5 Å². The topological polar surface area (TPSA) is 72.6 Å². The second-order valence-electron chi connectivity index (χ2n) is 4.71. The summed E-state index contributed by atoms with van der Waals surface area (Å²) in [5.74, 6) is -0.860. The predicted molar refractivity (Wildman–Crippen MR) is 73.6 cm³/mol. The van der Waals surface area contributed by atoms with Crippen molar-refractivity contribution < 1.29 is 17.5 Å². The van der Waals surface area contributed by atoms with Gasteiger partial charge in [0.25, 0.3) is 0 Å². The molecule has 0 aliphatic carbocycles. The maximum Gasteiger partial charge on any atom is 0.246 e. The van der Waals surface area contributed by atoms with Crippen LogP contribution in [0.25, 0.3) is 0 Å². The minimum absolute atomic E-state index is 0.113. The summed E-state index contributed by atoms with van der Waals surface area (Å²) in [6.45, 7) is 2.26. The van der Waals surface area contributed by atoms with E-state index in [2.05, 4.69) is 0 Å². The van der Waals surface area contributed by atoms with Crippen molar-refractivity contribution in [3.8, 4) is 0 Å². The van der Waals surface area contributed by atoms with Gasteiger partial charge in [0.2, 0.25) is 10.0 Å². The quantitative estimate of drug-likeness (QED) is 0.908. The average Bonchev–Trinajstić information content (AvgIpc) is 2.38. The molecular weight excluding hydrogens is 307 g/mol. The van der Waals surface area contributed by atoms with Crippen molar-refractivity contribution in [2.24, 2.45) is 5.73 Å². The molecule has 0 aromatic heterocycles. The molecule has 0 amide bonds. The van der Waals surface area contributed by atoms with Crippen LogP contribution >= 0.6 is 11.6 Å². The first-order valence-electron chi connectivity index (χ1n) is 6.15. The van der Waals surface area contributed by atoms with Crippen molar-refractivity contribution in [3.63, 3.8) is 0 Å². The number of halogens is 2. The standard InChI is InChI=1S/C12H16ClFN2O3S/c1-8(15)11-7-16(4-5-19-11)20(17,18)12-3-2-9(13)6-10(12)14/h2-3,6,8,11H,4-5,7,15H2,1H3. The van der Waals surface area contributed by atoms with Crippen LogP contribution in [-0.2, 0) is 14.8 Å². The number of ether oxygens (including phenoxy) is 1. The molecule has 1 aliphatic heterocycles. The normalized spacial score (nSPS) is 22.7. The Bertz CT molecular complexity index is 594. The third-order valence-corrected chi connectivity index (χ3v) is 5.29. The summed E-state index contributed by atoms with van der Waals surface area (Å²) in [4.78, 5) is -0.382. The molecular formula is C12H16ClFN2O3S. The van der Waals surface area contributed by atoms with Gasteiger partial charge >= 0.3 is 0 Å². The Morgan fingerprint density at radius 1 is 1.55 bits per heavy atom. The number of benzene rings is 1. The molecule has 2 N–H and O–H groups in total. The number of nitrogens with zero attached hydrogens (tertiary/aromatic N) is 1. The first-order valence-corrected chi connectivity index (χ1v) is 7.96. The lowest BCUT2D eigenvalue weighted by Gasteiger charge is -2.33. The van der Waals surface area contributed by atoms with Crippen molar-refractivity contribution in [3.05, 3.63) is 29.0 Å². The van der Waals surface area contributed by atoms with Gasteiger partial charge in [-0.15, -0.1) is 0 Å². The van der Waals surface area contributed by atoms with Crippen LogP contribution in [0.15, 0.2) is 23.1 Å². The van der Waals surface area contributed by atoms with Crippen LogP contribution in [0.2, 0.25) is 5.02 Å². The zero-order chi connectivity index (χ0) is 14.9. The molecule has 2 rings (SSSR count). The Kier molecular flexibility index (Phi) is 4.66. The summed E-state index contributed by atoms with van der Waals surface area (Å²) in [5.41, 5.74) is 5.72. The lowest BCUT2D eigenvalue weighted by molar-refractivity contribution is -0.0120. The maximum absolute atomic E-state index is 13.8. The molecule has 2 unspecified atom stereocenters. The highest BCUT2D eigenvalue weighted by Gasteiger charge is 2.33. The van der Waals surface area contributed by atoms with E-state index in [0.717, 1.165) is 6.07 Å². The van der Waals surface area contributed by atoms with E-state index in [1.54, 1.807) is 6.92 Å². The first kappa shape index (κ1) is 15.7. The van der Waals surface area contributed by atoms with Crippen LogP contribution in [-0.4, -0.2) is 44.6 Å². The van der Waals surface area contributed by atoms with Gasteiger partial charge in [0, 0.05) is 24.2 Å². The number of sulfonamides is 1. The molecule has 112 valence electrons. The Morgan fingerprint density at radius 2 is 2.25 bits per heavy atom. The van der Waals surface area contributed by atoms with Crippen LogP contribution in [0.5, 0.6) is 0 Å². The van der Waals surface area contributed by atoms with Crippen LogP contribution in [0.3, 0.4) is 0 Å². The lowest BCUT2D eigenvalue weighted by Crippen LogP contribution is -2.51. The van der Waals surface area contributed by atoms with E-state index in [-0.39, 0.29) is 35.7 Å². The first-order chi connectivity index (χ1) is 9.32. The van der Waals surface area contributed by atoms with Gasteiger partial charge in [0.15, 0.2) is 0 Å². The molecule has 0 saturated carbocycles. The molecule has 0 bridgehead atoms. The minimum atomic E-state index is -3.91. The van der Waals surface area contributed by atoms with Gasteiger partial charge in [0.1, 0.15) is 10.7 Å². The van der Waals surface area contributed by atoms with Crippen molar-refractivity contribution in [2.45, 2.75) is 24.0 Å². The summed E-state index contributed by atoms with van der Waals surface area (Å²) < 4.78 is 45.3. The van der Waals surface area contributed by atoms with E-state index in [9.17, 15) is 12.8 Å². The molecule has 1 aromatic rings. The van der Waals surface area contributed by atoms with E-state index in [4.69, 9.17) is 22.1 Å². The highest BCUT2D eigenvalue weighted by molar-refractivity contribution is 7.89. The minimum Gasteiger partial charge on any atom is -0.374 e. The second-order valence-corrected chi connectivity index (χ2v) is 7.05. The van der Waals surface area contributed by atoms with E-state index in [1.807, 2.05) is 0 Å². The average molecular weight is 323 g/mol. The lowest BCUT2D eigenvalue weighted by atomic mass is 10.2. The molecule has 2 atom stereocenters. The van der Waals surface area contributed by atoms with Gasteiger partial charge in [-0.1, -0.05) is 11.6 Å². The maximum atomic E-state index is 13.8. The second kappa shape index (κ2) is 5.95. The Labute approximate surface area is 122 Å². The molecule has 1 aromatic carbocycles. The summed E-state index contributed by atoms with van der Waals surface area (Å²) in [6.07, 6.45) is -0.395. The molecule has 0 spiro atoms. The van der Waals surface area contributed by atoms with Crippen molar-refractivity contribution in [1.82, 2.24) is 4.31 Å². The Balaban J connectivity index is 2.30. The Hall–Kier alpha value is -0.730. The van der Waals surface area contributed by atoms with Crippen molar-refractivity contribution in [1.29, 1.82) is 0 Å². The molecule has 8 heteroatoms. The highest BCUT2D eigenvalue weighted by atomic mass is 35.5. The molecule has 1 aliphatic rings. The van der Waals surface area contributed by atoms with E-state index in [0.29, 0.717) is 0 Å². The van der Waals surface area contributed by atoms with Gasteiger partial charge in [0.05, 0.1) is 12.7 Å². The SMILES string of the molecule is CC(N)C1CN(S(=O)(=O)c2ccc(Cl)cc2F)CCO1. The zero-order valence-electron chi connectivity index (χ0n) is 10.9. The van der Waals surface area contributed by atoms with E-state index >= 15 is 0 Å². The fraction of sp³-hybridized carbons (Fsp3) is 0.500. The summed E-state index contributed by atoms with van der Waals surface area (Å²) in [6, 6.07) is 3.20. The van der Waals surface area contributed by atoms with Crippen LogP contribution in [0.4, 0.5) is 4.39 Å². The molecule has 5 nitrogen and oxygen atoms in total. The highest BCUT2D eigenvalue weighted by Crippen LogP contribution is 2.24. The fourth-order valence-corrected chi connectivity index (χ4v) is 3.65. The summed E-state index contributed by atoms with van der Waals surface area (Å²) in [7, 11) is -3.91. The van der Waals surface area contributed by atoms with Gasteiger partial charge in [-0.2, -0.15) is 4.31 Å². The van der Waals surface area contributed by atoms with Crippen molar-refractivity contribution in [2.75, 3.05) is 19.7 Å². The fourth-order valence-electron chi connectivity index (χ4n) is 2.01. The molecule has 1 saturated heterocycles. The van der Waals surface area contributed by atoms with Crippen LogP contribution in [0.1, 0.15) is 6.92 Å². The van der Waals surface area contributed by atoms with Crippen molar-refractivity contribution >= 4 is 21.6 Å². The smallest absolute Gasteiger partial charge is 0.246 e. The third-order valence-electron chi connectivity index (χ3n) is 3.15. The molecule has 0 radical (unpaired) electrons. The van der Waals surface area contributed by atoms with Crippen LogP contribution < -0.4 is 5.73 Å². The van der Waals surface area contributed by atoms with Gasteiger partial charge in [-0.05, 0) is 25.1 Å². The number of hydrogen-bond acceptors (Lipinski definition) is 4. The largest absolute Gasteiger partial charge is 0.374 e. The molecule has 20 heavy (non-hydrogen) atoms. The van der Waals surface area contributed by atoms with E-state index < -0.39 is 21.9 Å². The number of morpholine rings is 1. The summed E-state index contributed by atoms with van der Waals surface area (Å²) in [5, 5.41) is 0.150. The zero-order valence-corrected chi connectivity index (χ0v) is 12.5. The van der Waals surface area contributed by atoms with Gasteiger partial charge in [-0.25, -0.2) is 12.8 Å². The predicted octanol–water partition coefficient (Wildman–Crippen LogP) is 1.22. The van der Waals surface area contributed by atoms with Crippen LogP contribution in [0, 0.1) is 5.82 Å². The number of rotatable bonds is 3. The third kappa shape index (κ3) is 3.12. The number of hydrogen-bond donors (Lipinski definition) is 1. The molecule has 1 fully saturated rings. The van der Waals surface area contributed by atoms with Gasteiger partial charge in [-0.3, -0.25) is 0 Å². The summed E-state index contributed by atoms with van der Waals surface area (Å²) >= 11 is 5.63. The number of nitrogens with two attached hydrogens (primary N) is 1. The molecule has 1 heterocycles.